The van der Waals surface area contributed by atoms with E-state index >= 15 is 0 Å². The number of anilines is 2. The Hall–Kier alpha value is -1.91. The van der Waals surface area contributed by atoms with Crippen LogP contribution in [0.3, 0.4) is 0 Å². The van der Waals surface area contributed by atoms with Crippen LogP contribution in [-0.4, -0.2) is 36.6 Å². The molecular formula is C25H35FN4. The number of rotatable bonds is 5. The molecule has 1 saturated heterocycles. The van der Waals surface area contributed by atoms with Crippen LogP contribution in [0.2, 0.25) is 0 Å². The summed E-state index contributed by atoms with van der Waals surface area (Å²) in [5, 5.41) is 1.07. The second-order valence-corrected chi connectivity index (χ2v) is 9.77. The number of fused-ring (bicyclic) bond motifs is 1. The van der Waals surface area contributed by atoms with Gasteiger partial charge in [-0.05, 0) is 62.6 Å². The van der Waals surface area contributed by atoms with Crippen molar-refractivity contribution in [1.82, 2.24) is 9.97 Å². The topological polar surface area (TPSA) is 32.3 Å². The van der Waals surface area contributed by atoms with Gasteiger partial charge in [-0.1, -0.05) is 32.1 Å². The highest BCUT2D eigenvalue weighted by atomic mass is 19.1. The van der Waals surface area contributed by atoms with Crippen molar-refractivity contribution in [3.05, 3.63) is 24.0 Å². The molecule has 5 heteroatoms. The standard InChI is InChI=1S/C25H35FN4/c1-3-29(2)20-9-10-22-21(17-20)23(28-24(27-22)25(26)13-14-25)30-15-11-19(12-16-30)18-7-5-4-6-8-18/h9-10,17-19H,3-8,11-16H2,1-2H3. The van der Waals surface area contributed by atoms with Crippen molar-refractivity contribution < 1.29 is 4.39 Å². The van der Waals surface area contributed by atoms with Gasteiger partial charge in [-0.3, -0.25) is 0 Å². The lowest BCUT2D eigenvalue weighted by molar-refractivity contribution is 0.213. The van der Waals surface area contributed by atoms with E-state index < -0.39 is 5.67 Å². The number of piperidine rings is 1. The highest BCUT2D eigenvalue weighted by molar-refractivity contribution is 5.92. The molecule has 0 bridgehead atoms. The lowest BCUT2D eigenvalue weighted by Crippen LogP contribution is -2.37. The van der Waals surface area contributed by atoms with Crippen LogP contribution in [0.15, 0.2) is 18.2 Å². The van der Waals surface area contributed by atoms with Gasteiger partial charge in [0.2, 0.25) is 0 Å². The van der Waals surface area contributed by atoms with E-state index in [-0.39, 0.29) is 0 Å². The summed E-state index contributed by atoms with van der Waals surface area (Å²) in [7, 11) is 2.10. The van der Waals surface area contributed by atoms with E-state index in [0.717, 1.165) is 48.2 Å². The monoisotopic (exact) mass is 410 g/mol. The fourth-order valence-electron chi connectivity index (χ4n) is 5.48. The molecule has 0 spiro atoms. The largest absolute Gasteiger partial charge is 0.375 e. The summed E-state index contributed by atoms with van der Waals surface area (Å²) < 4.78 is 14.9. The molecule has 0 unspecified atom stereocenters. The molecule has 5 rings (SSSR count). The van der Waals surface area contributed by atoms with Crippen LogP contribution in [0.25, 0.3) is 10.9 Å². The molecule has 0 amide bonds. The summed E-state index contributed by atoms with van der Waals surface area (Å²) >= 11 is 0. The van der Waals surface area contributed by atoms with Gasteiger partial charge in [-0.2, -0.15) is 0 Å². The van der Waals surface area contributed by atoms with E-state index in [1.165, 1.54) is 50.6 Å². The van der Waals surface area contributed by atoms with Crippen LogP contribution in [0, 0.1) is 11.8 Å². The number of hydrogen-bond acceptors (Lipinski definition) is 4. The smallest absolute Gasteiger partial charge is 0.170 e. The Kier molecular flexibility index (Phi) is 5.32. The van der Waals surface area contributed by atoms with E-state index in [1.54, 1.807) is 0 Å². The molecule has 30 heavy (non-hydrogen) atoms. The zero-order valence-corrected chi connectivity index (χ0v) is 18.5. The summed E-state index contributed by atoms with van der Waals surface area (Å²) in [4.78, 5) is 14.1. The summed E-state index contributed by atoms with van der Waals surface area (Å²) in [5.74, 6) is 3.12. The first-order chi connectivity index (χ1) is 14.6. The van der Waals surface area contributed by atoms with E-state index in [9.17, 15) is 4.39 Å². The van der Waals surface area contributed by atoms with Crippen LogP contribution in [-0.2, 0) is 5.67 Å². The lowest BCUT2D eigenvalue weighted by atomic mass is 9.76. The third-order valence-corrected chi connectivity index (χ3v) is 7.82. The first-order valence-electron chi connectivity index (χ1n) is 12.0. The van der Waals surface area contributed by atoms with Gasteiger partial charge >= 0.3 is 0 Å². The van der Waals surface area contributed by atoms with Gasteiger partial charge in [0.1, 0.15) is 5.82 Å². The lowest BCUT2D eigenvalue weighted by Gasteiger charge is -2.38. The van der Waals surface area contributed by atoms with Gasteiger partial charge < -0.3 is 9.80 Å². The summed E-state index contributed by atoms with van der Waals surface area (Å²) in [6, 6.07) is 6.34. The molecule has 0 N–H and O–H groups in total. The van der Waals surface area contributed by atoms with Crippen molar-refractivity contribution in [2.45, 2.75) is 70.4 Å². The molecule has 1 aromatic heterocycles. The molecule has 2 heterocycles. The number of aromatic nitrogens is 2. The van der Waals surface area contributed by atoms with Gasteiger partial charge in [0.15, 0.2) is 11.5 Å². The molecular weight excluding hydrogens is 375 g/mol. The molecule has 0 radical (unpaired) electrons. The van der Waals surface area contributed by atoms with E-state index in [2.05, 4.69) is 40.9 Å². The number of hydrogen-bond donors (Lipinski definition) is 0. The Balaban J connectivity index is 1.45. The van der Waals surface area contributed by atoms with Crippen LogP contribution < -0.4 is 9.80 Å². The normalized spacial score (nSPS) is 22.4. The molecule has 0 atom stereocenters. The molecule has 1 aliphatic heterocycles. The van der Waals surface area contributed by atoms with Gasteiger partial charge in [-0.15, -0.1) is 0 Å². The number of nitrogens with zero attached hydrogens (tertiary/aromatic N) is 4. The predicted octanol–water partition coefficient (Wildman–Crippen LogP) is 5.84. The number of alkyl halides is 1. The maximum atomic E-state index is 14.9. The predicted molar refractivity (Wildman–Crippen MR) is 122 cm³/mol. The van der Waals surface area contributed by atoms with Crippen LogP contribution in [0.4, 0.5) is 15.9 Å². The highest BCUT2D eigenvalue weighted by Crippen LogP contribution is 2.49. The first kappa shape index (κ1) is 20.0. The fraction of sp³-hybridized carbons (Fsp3) is 0.680. The van der Waals surface area contributed by atoms with E-state index in [1.807, 2.05) is 6.07 Å². The second kappa shape index (κ2) is 7.97. The molecule has 4 nitrogen and oxygen atoms in total. The van der Waals surface area contributed by atoms with Crippen molar-refractivity contribution >= 4 is 22.4 Å². The van der Waals surface area contributed by atoms with Crippen molar-refractivity contribution in [2.24, 2.45) is 11.8 Å². The minimum atomic E-state index is -1.30. The zero-order valence-electron chi connectivity index (χ0n) is 18.5. The summed E-state index contributed by atoms with van der Waals surface area (Å²) in [6.07, 6.45) is 10.7. The summed E-state index contributed by atoms with van der Waals surface area (Å²) in [5.41, 5.74) is 0.741. The number of benzene rings is 1. The Morgan fingerprint density at radius 1 is 1.03 bits per heavy atom. The SMILES string of the molecule is CCN(C)c1ccc2nc(C3(F)CC3)nc(N3CCC(C4CCCCC4)CC3)c2c1. The third-order valence-electron chi connectivity index (χ3n) is 7.82. The average Bonchev–Trinajstić information content (AvgIpc) is 3.56. The first-order valence-corrected chi connectivity index (χ1v) is 12.0. The molecule has 3 aliphatic rings. The number of halogens is 1. The molecule has 162 valence electrons. The van der Waals surface area contributed by atoms with Gasteiger partial charge in [-0.25, -0.2) is 14.4 Å². The van der Waals surface area contributed by atoms with Crippen LogP contribution in [0.1, 0.15) is 70.5 Å². The Morgan fingerprint density at radius 2 is 1.73 bits per heavy atom. The zero-order chi connectivity index (χ0) is 20.7. The second-order valence-electron chi connectivity index (χ2n) is 9.77. The molecule has 1 aromatic carbocycles. The van der Waals surface area contributed by atoms with Gasteiger partial charge in [0, 0.05) is 37.8 Å². The molecule has 2 aromatic rings. The van der Waals surface area contributed by atoms with Crippen molar-refractivity contribution in [3.63, 3.8) is 0 Å². The van der Waals surface area contributed by atoms with Gasteiger partial charge in [0.05, 0.1) is 5.52 Å². The Bertz CT molecular complexity index is 895. The van der Waals surface area contributed by atoms with E-state index in [0.29, 0.717) is 18.7 Å². The van der Waals surface area contributed by atoms with Crippen molar-refractivity contribution in [3.8, 4) is 0 Å². The molecule has 2 aliphatic carbocycles. The Labute approximate surface area is 179 Å². The highest BCUT2D eigenvalue weighted by Gasteiger charge is 2.48. The quantitative estimate of drug-likeness (QED) is 0.620. The maximum absolute atomic E-state index is 14.9. The van der Waals surface area contributed by atoms with E-state index in [4.69, 9.17) is 4.98 Å². The molecule has 2 saturated carbocycles. The van der Waals surface area contributed by atoms with Crippen LogP contribution >= 0.6 is 0 Å². The van der Waals surface area contributed by atoms with Crippen molar-refractivity contribution in [1.29, 1.82) is 0 Å². The molecule has 3 fully saturated rings. The van der Waals surface area contributed by atoms with Crippen LogP contribution in [0.5, 0.6) is 0 Å². The summed E-state index contributed by atoms with van der Waals surface area (Å²) in [6.45, 7) is 5.15. The third kappa shape index (κ3) is 3.76. The fourth-order valence-corrected chi connectivity index (χ4v) is 5.48. The van der Waals surface area contributed by atoms with Crippen molar-refractivity contribution in [2.75, 3.05) is 36.5 Å². The minimum absolute atomic E-state index is 0.399. The minimum Gasteiger partial charge on any atom is -0.375 e. The maximum Gasteiger partial charge on any atom is 0.170 e. The Morgan fingerprint density at radius 3 is 2.40 bits per heavy atom. The van der Waals surface area contributed by atoms with Gasteiger partial charge in [0.25, 0.3) is 0 Å². The average molecular weight is 411 g/mol.